The summed E-state index contributed by atoms with van der Waals surface area (Å²) in [5, 5.41) is 16.9. The van der Waals surface area contributed by atoms with E-state index in [1.807, 2.05) is 0 Å². The minimum Gasteiger partial charge on any atom is -0.481 e. The van der Waals surface area contributed by atoms with Gasteiger partial charge in [-0.25, -0.2) is 0 Å². The molecule has 0 saturated carbocycles. The average Bonchev–Trinajstić information content (AvgIpc) is 2.34. The van der Waals surface area contributed by atoms with Crippen molar-refractivity contribution in [3.05, 3.63) is 0 Å². The van der Waals surface area contributed by atoms with Gasteiger partial charge in [-0.05, 0) is 38.0 Å². The first-order valence-electron chi connectivity index (χ1n) is 7.27. The summed E-state index contributed by atoms with van der Waals surface area (Å²) < 4.78 is 0. The van der Waals surface area contributed by atoms with E-state index in [2.05, 4.69) is 0 Å². The van der Waals surface area contributed by atoms with E-state index in [4.69, 9.17) is 10.2 Å². The summed E-state index contributed by atoms with van der Waals surface area (Å²) in [4.78, 5) is 20.6. The van der Waals surface area contributed by atoms with E-state index in [9.17, 15) is 9.59 Å². The summed E-state index contributed by atoms with van der Waals surface area (Å²) in [5.41, 5.74) is 0. The number of rotatable bonds is 14. The van der Waals surface area contributed by atoms with Crippen LogP contribution in [0, 0.1) is 0 Å². The zero-order chi connectivity index (χ0) is 14.3. The Morgan fingerprint density at radius 2 is 1.00 bits per heavy atom. The first-order valence-corrected chi connectivity index (χ1v) is 8.68. The van der Waals surface area contributed by atoms with Crippen molar-refractivity contribution in [3.63, 3.8) is 0 Å². The normalized spacial score (nSPS) is 10.5. The topological polar surface area (TPSA) is 74.6 Å². The Hall–Kier alpha value is -0.630. The van der Waals surface area contributed by atoms with E-state index < -0.39 is 11.9 Å². The van der Waals surface area contributed by atoms with Gasteiger partial charge in [-0.2, -0.15) is 0 Å². The molecule has 0 aliphatic heterocycles. The fourth-order valence-corrected chi connectivity index (χ4v) is 3.13. The zero-order valence-corrected chi connectivity index (χ0v) is 12.7. The van der Waals surface area contributed by atoms with E-state index in [1.54, 1.807) is 0 Å². The van der Waals surface area contributed by atoms with Crippen molar-refractivity contribution in [2.45, 2.75) is 64.2 Å². The predicted octanol–water partition coefficient (Wildman–Crippen LogP) is 3.74. The summed E-state index contributed by atoms with van der Waals surface area (Å²) in [6.45, 7) is 0. The van der Waals surface area contributed by atoms with Crippen molar-refractivity contribution in [3.8, 4) is 0 Å². The van der Waals surface area contributed by atoms with Crippen LogP contribution in [0.15, 0.2) is 0 Å². The van der Waals surface area contributed by atoms with E-state index in [-0.39, 0.29) is 0 Å². The second-order valence-electron chi connectivity index (χ2n) is 4.87. The van der Waals surface area contributed by atoms with E-state index in [0.29, 0.717) is 12.8 Å². The monoisotopic (exact) mass is 290 g/mol. The molecule has 0 saturated heterocycles. The van der Waals surface area contributed by atoms with Crippen LogP contribution in [-0.2, 0) is 9.59 Å². The highest BCUT2D eigenvalue weighted by Gasteiger charge is 1.98. The highest BCUT2D eigenvalue weighted by atomic mass is 31.1. The molecule has 0 radical (unpaired) electrons. The van der Waals surface area contributed by atoms with Crippen LogP contribution >= 0.6 is 8.58 Å². The number of carboxylic acid groups (broad SMARTS) is 2. The minimum atomic E-state index is -0.690. The van der Waals surface area contributed by atoms with Crippen LogP contribution in [0.25, 0.3) is 0 Å². The third-order valence-corrected chi connectivity index (χ3v) is 4.40. The van der Waals surface area contributed by atoms with Gasteiger partial charge in [0.1, 0.15) is 0 Å². The summed E-state index contributed by atoms with van der Waals surface area (Å²) in [5.74, 6) is -1.38. The Morgan fingerprint density at radius 1 is 0.632 bits per heavy atom. The average molecular weight is 290 g/mol. The molecule has 0 rings (SSSR count). The van der Waals surface area contributed by atoms with Crippen LogP contribution in [0.5, 0.6) is 0 Å². The van der Waals surface area contributed by atoms with Gasteiger partial charge in [-0.1, -0.05) is 25.7 Å². The van der Waals surface area contributed by atoms with Crippen LogP contribution in [0.1, 0.15) is 64.2 Å². The fourth-order valence-electron chi connectivity index (χ4n) is 1.88. The lowest BCUT2D eigenvalue weighted by Gasteiger charge is -2.02. The molecule has 0 aromatic carbocycles. The molecule has 0 bridgehead atoms. The third-order valence-electron chi connectivity index (χ3n) is 2.99. The first kappa shape index (κ1) is 18.4. The molecule has 2 N–H and O–H groups in total. The van der Waals surface area contributed by atoms with Gasteiger partial charge in [-0.3, -0.25) is 9.59 Å². The second kappa shape index (κ2) is 13.8. The maximum atomic E-state index is 10.3. The number of hydrogen-bond acceptors (Lipinski definition) is 2. The second-order valence-corrected chi connectivity index (χ2v) is 6.37. The number of aliphatic carboxylic acids is 2. The Labute approximate surface area is 117 Å². The highest BCUT2D eigenvalue weighted by molar-refractivity contribution is 7.37. The van der Waals surface area contributed by atoms with Gasteiger partial charge in [0.25, 0.3) is 0 Å². The van der Waals surface area contributed by atoms with Crippen molar-refractivity contribution in [2.24, 2.45) is 0 Å². The molecule has 0 aromatic rings. The third kappa shape index (κ3) is 17.4. The lowest BCUT2D eigenvalue weighted by Crippen LogP contribution is -1.94. The molecule has 5 heteroatoms. The molecule has 0 fully saturated rings. The standard InChI is InChI=1S/C14H27O4P/c15-13(16)9-5-1-3-7-11-19-12-8-4-2-6-10-14(17)18/h19H,1-12H2,(H,15,16)(H,17,18). The Balaban J connectivity index is 2.99. The molecule has 0 heterocycles. The van der Waals surface area contributed by atoms with Crippen molar-refractivity contribution in [2.75, 3.05) is 12.3 Å². The van der Waals surface area contributed by atoms with Gasteiger partial charge >= 0.3 is 11.9 Å². The molecule has 0 aromatic heterocycles. The van der Waals surface area contributed by atoms with Gasteiger partial charge in [0.2, 0.25) is 0 Å². The molecule has 0 aliphatic carbocycles. The maximum absolute atomic E-state index is 10.3. The summed E-state index contributed by atoms with van der Waals surface area (Å²) in [6, 6.07) is 0. The molecule has 0 amide bonds. The molecule has 0 unspecified atom stereocenters. The van der Waals surface area contributed by atoms with Crippen molar-refractivity contribution >= 4 is 20.5 Å². The molecule has 4 nitrogen and oxygen atoms in total. The Morgan fingerprint density at radius 3 is 1.37 bits per heavy atom. The lowest BCUT2D eigenvalue weighted by molar-refractivity contribution is -0.138. The number of carbonyl (C=O) groups is 2. The minimum absolute atomic E-state index is 0.304. The van der Waals surface area contributed by atoms with Crippen LogP contribution in [0.4, 0.5) is 0 Å². The van der Waals surface area contributed by atoms with E-state index >= 15 is 0 Å². The largest absolute Gasteiger partial charge is 0.481 e. The SMILES string of the molecule is O=C(O)CCCCCCPCCCCCCC(=O)O. The fraction of sp³-hybridized carbons (Fsp3) is 0.857. The van der Waals surface area contributed by atoms with E-state index in [1.165, 1.54) is 25.2 Å². The van der Waals surface area contributed by atoms with Gasteiger partial charge in [0.15, 0.2) is 0 Å². The summed E-state index contributed by atoms with van der Waals surface area (Å²) in [6.07, 6.45) is 11.6. The number of carboxylic acids is 2. The number of unbranched alkanes of at least 4 members (excludes halogenated alkanes) is 6. The quantitative estimate of drug-likeness (QED) is 0.377. The maximum Gasteiger partial charge on any atom is 0.303 e. The van der Waals surface area contributed by atoms with Crippen LogP contribution < -0.4 is 0 Å². The van der Waals surface area contributed by atoms with Gasteiger partial charge in [0, 0.05) is 12.8 Å². The van der Waals surface area contributed by atoms with Gasteiger partial charge in [-0.15, -0.1) is 8.58 Å². The number of hydrogen-bond donors (Lipinski definition) is 2. The molecular weight excluding hydrogens is 263 g/mol. The molecule has 0 aliphatic rings. The molecule has 112 valence electrons. The summed E-state index contributed by atoms with van der Waals surface area (Å²) >= 11 is 0. The molecule has 19 heavy (non-hydrogen) atoms. The van der Waals surface area contributed by atoms with Crippen molar-refractivity contribution < 1.29 is 19.8 Å². The molecular formula is C14H27O4P. The van der Waals surface area contributed by atoms with Crippen LogP contribution in [-0.4, -0.2) is 34.5 Å². The van der Waals surface area contributed by atoms with Crippen LogP contribution in [0.3, 0.4) is 0 Å². The molecule has 0 atom stereocenters. The highest BCUT2D eigenvalue weighted by Crippen LogP contribution is 2.17. The lowest BCUT2D eigenvalue weighted by atomic mass is 10.1. The summed E-state index contributed by atoms with van der Waals surface area (Å²) in [7, 11) is 1.01. The predicted molar refractivity (Wildman–Crippen MR) is 79.5 cm³/mol. The molecule has 0 spiro atoms. The van der Waals surface area contributed by atoms with Crippen LogP contribution in [0.2, 0.25) is 0 Å². The zero-order valence-electron chi connectivity index (χ0n) is 11.7. The first-order chi connectivity index (χ1) is 9.13. The van der Waals surface area contributed by atoms with Crippen molar-refractivity contribution in [1.29, 1.82) is 0 Å². The van der Waals surface area contributed by atoms with Crippen molar-refractivity contribution in [1.82, 2.24) is 0 Å². The Bertz CT molecular complexity index is 220. The van der Waals surface area contributed by atoms with E-state index in [0.717, 1.165) is 47.1 Å². The Kier molecular flexibility index (Phi) is 13.3. The smallest absolute Gasteiger partial charge is 0.303 e. The van der Waals surface area contributed by atoms with Gasteiger partial charge < -0.3 is 10.2 Å². The van der Waals surface area contributed by atoms with Gasteiger partial charge in [0.05, 0.1) is 0 Å².